The Morgan fingerprint density at radius 2 is 1.78 bits per heavy atom. The predicted octanol–water partition coefficient (Wildman–Crippen LogP) is 4.81. The maximum Gasteiger partial charge on any atom is 0.406 e. The molecule has 3 aromatic rings. The third kappa shape index (κ3) is 3.23. The first-order valence-corrected chi connectivity index (χ1v) is 12.6. The summed E-state index contributed by atoms with van der Waals surface area (Å²) in [5.74, 6) is 2.55. The molecule has 2 aliphatic carbocycles. The quantitative estimate of drug-likeness (QED) is 0.499. The summed E-state index contributed by atoms with van der Waals surface area (Å²) in [6.45, 7) is 4.12. The minimum Gasteiger partial charge on any atom is -0.354 e. The molecule has 1 spiro atoms. The molecule has 1 saturated heterocycles. The first kappa shape index (κ1) is 22.5. The minimum absolute atomic E-state index is 0.108. The summed E-state index contributed by atoms with van der Waals surface area (Å²) in [4.78, 5) is 12.6. The van der Waals surface area contributed by atoms with E-state index in [2.05, 4.69) is 25.1 Å². The van der Waals surface area contributed by atoms with Gasteiger partial charge in [0.05, 0.1) is 17.9 Å². The lowest BCUT2D eigenvalue weighted by Crippen LogP contribution is -2.62. The number of hydrogen-bond donors (Lipinski definition) is 0. The molecule has 2 aliphatic heterocycles. The molecule has 0 radical (unpaired) electrons. The predicted molar refractivity (Wildman–Crippen MR) is 127 cm³/mol. The van der Waals surface area contributed by atoms with Crippen molar-refractivity contribution in [2.45, 2.75) is 63.3 Å². The fraction of sp³-hybridized carbons (Fsp3) is 0.520. The van der Waals surface area contributed by atoms with Crippen LogP contribution in [0.4, 0.5) is 19.0 Å². The molecule has 4 heterocycles. The molecule has 4 aliphatic rings. The van der Waals surface area contributed by atoms with Crippen molar-refractivity contribution in [1.29, 1.82) is 0 Å². The van der Waals surface area contributed by atoms with Crippen LogP contribution >= 0.6 is 11.6 Å². The molecule has 0 atom stereocenters. The molecule has 7 rings (SSSR count). The van der Waals surface area contributed by atoms with Crippen LogP contribution in [0.15, 0.2) is 30.6 Å². The number of alkyl halides is 3. The molecule has 2 aromatic heterocycles. The number of aryl methyl sites for hydroxylation is 1. The van der Waals surface area contributed by atoms with Gasteiger partial charge in [0.25, 0.3) is 0 Å². The lowest BCUT2D eigenvalue weighted by atomic mass is 9.57. The first-order valence-electron chi connectivity index (χ1n) is 12.3. The van der Waals surface area contributed by atoms with E-state index in [-0.39, 0.29) is 37.3 Å². The van der Waals surface area contributed by atoms with Crippen LogP contribution in [0.3, 0.4) is 0 Å². The monoisotopic (exact) mass is 515 g/mol. The highest BCUT2D eigenvalue weighted by molar-refractivity contribution is 6.30. The second-order valence-corrected chi connectivity index (χ2v) is 11.3. The van der Waals surface area contributed by atoms with E-state index in [1.54, 1.807) is 24.5 Å². The van der Waals surface area contributed by atoms with Crippen LogP contribution in [-0.4, -0.2) is 54.4 Å². The zero-order chi connectivity index (χ0) is 24.9. The molecular weight excluding hydrogens is 491 g/mol. The number of aromatic nitrogens is 5. The van der Waals surface area contributed by atoms with E-state index in [9.17, 15) is 13.2 Å². The zero-order valence-electron chi connectivity index (χ0n) is 19.8. The van der Waals surface area contributed by atoms with Crippen LogP contribution in [0.25, 0.3) is 5.69 Å². The number of nitrogens with zero attached hydrogens (tertiary/aromatic N) is 7. The van der Waals surface area contributed by atoms with Gasteiger partial charge in [-0.25, -0.2) is 4.98 Å². The third-order valence-corrected chi connectivity index (χ3v) is 8.75. The van der Waals surface area contributed by atoms with E-state index in [4.69, 9.17) is 11.6 Å². The van der Waals surface area contributed by atoms with Gasteiger partial charge in [-0.3, -0.25) is 14.5 Å². The van der Waals surface area contributed by atoms with Crippen LogP contribution in [-0.2, 0) is 13.1 Å². The summed E-state index contributed by atoms with van der Waals surface area (Å²) < 4.78 is 44.1. The van der Waals surface area contributed by atoms with Crippen LogP contribution in [0.1, 0.15) is 54.5 Å². The number of fused-ring (bicyclic) bond motifs is 3. The molecule has 1 aromatic carbocycles. The van der Waals surface area contributed by atoms with Crippen molar-refractivity contribution in [3.8, 4) is 5.69 Å². The highest BCUT2D eigenvalue weighted by Crippen LogP contribution is 2.58. The number of hydrogen-bond acceptors (Lipinski definition) is 6. The Balaban J connectivity index is 1.17. The van der Waals surface area contributed by atoms with Gasteiger partial charge in [-0.15, -0.1) is 10.2 Å². The average Bonchev–Trinajstić information content (AvgIpc) is 3.52. The fourth-order valence-corrected chi connectivity index (χ4v) is 6.74. The van der Waals surface area contributed by atoms with Gasteiger partial charge in [-0.1, -0.05) is 11.6 Å². The molecule has 0 amide bonds. The van der Waals surface area contributed by atoms with E-state index in [0.717, 1.165) is 54.5 Å². The highest BCUT2D eigenvalue weighted by atomic mass is 35.5. The second kappa shape index (κ2) is 7.41. The molecular formula is C25H25ClF3N7. The number of halogens is 4. The normalized spacial score (nSPS) is 22.4. The molecule has 2 saturated carbocycles. The largest absolute Gasteiger partial charge is 0.406 e. The van der Waals surface area contributed by atoms with Gasteiger partial charge in [-0.2, -0.15) is 13.2 Å². The van der Waals surface area contributed by atoms with Crippen molar-refractivity contribution in [2.24, 2.45) is 5.41 Å². The Labute approximate surface area is 211 Å². The second-order valence-electron chi connectivity index (χ2n) is 10.9. The van der Waals surface area contributed by atoms with Gasteiger partial charge < -0.3 is 4.90 Å². The molecule has 36 heavy (non-hydrogen) atoms. The summed E-state index contributed by atoms with van der Waals surface area (Å²) in [6, 6.07) is 5.46. The summed E-state index contributed by atoms with van der Waals surface area (Å²) in [5, 5.41) is 9.47. The molecule has 0 unspecified atom stereocenters. The van der Waals surface area contributed by atoms with Gasteiger partial charge in [0, 0.05) is 48.4 Å². The SMILES string of the molecule is Cc1nccnc1N1CC2(CC(c3nnc4n3-c3ccc(Cl)cc3CN(C3(C(F)(F)F)CC3)C4)C2)C1. The van der Waals surface area contributed by atoms with Crippen LogP contribution in [0, 0.1) is 12.3 Å². The first-order chi connectivity index (χ1) is 17.2. The van der Waals surface area contributed by atoms with Crippen LogP contribution in [0.5, 0.6) is 0 Å². The number of rotatable bonds is 3. The molecule has 0 bridgehead atoms. The van der Waals surface area contributed by atoms with Crippen molar-refractivity contribution in [3.63, 3.8) is 0 Å². The van der Waals surface area contributed by atoms with Crippen molar-refractivity contribution >= 4 is 17.4 Å². The standard InChI is InChI=1S/C25H25ClF3N7/c1-15-21(31-7-6-30-15)34-13-23(14-34)9-17(10-23)22-33-32-20-12-35(24(4-5-24)25(27,28)29)11-16-8-18(26)2-3-19(16)36(20)22/h2-3,6-8,17H,4-5,9-14H2,1H3. The van der Waals surface area contributed by atoms with Gasteiger partial charge in [-0.05, 0) is 56.4 Å². The van der Waals surface area contributed by atoms with Gasteiger partial charge >= 0.3 is 6.18 Å². The van der Waals surface area contributed by atoms with E-state index in [1.807, 2.05) is 17.6 Å². The lowest BCUT2D eigenvalue weighted by molar-refractivity contribution is -0.200. The van der Waals surface area contributed by atoms with E-state index in [1.165, 1.54) is 4.90 Å². The Morgan fingerprint density at radius 3 is 2.47 bits per heavy atom. The molecule has 0 N–H and O–H groups in total. The van der Waals surface area contributed by atoms with E-state index in [0.29, 0.717) is 10.8 Å². The van der Waals surface area contributed by atoms with Crippen molar-refractivity contribution < 1.29 is 13.2 Å². The highest BCUT2D eigenvalue weighted by Gasteiger charge is 2.67. The van der Waals surface area contributed by atoms with Gasteiger partial charge in [0.1, 0.15) is 17.2 Å². The Hall–Kier alpha value is -2.72. The minimum atomic E-state index is -4.29. The fourth-order valence-electron chi connectivity index (χ4n) is 6.54. The van der Waals surface area contributed by atoms with E-state index >= 15 is 0 Å². The lowest BCUT2D eigenvalue weighted by Gasteiger charge is -2.59. The van der Waals surface area contributed by atoms with Crippen LogP contribution in [0.2, 0.25) is 5.02 Å². The molecule has 7 nitrogen and oxygen atoms in total. The van der Waals surface area contributed by atoms with Crippen LogP contribution < -0.4 is 4.90 Å². The smallest absolute Gasteiger partial charge is 0.354 e. The number of anilines is 1. The van der Waals surface area contributed by atoms with Gasteiger partial charge in [0.15, 0.2) is 5.82 Å². The van der Waals surface area contributed by atoms with Crippen molar-refractivity contribution in [2.75, 3.05) is 18.0 Å². The molecule has 11 heteroatoms. The summed E-state index contributed by atoms with van der Waals surface area (Å²) >= 11 is 6.28. The Morgan fingerprint density at radius 1 is 1.03 bits per heavy atom. The zero-order valence-corrected chi connectivity index (χ0v) is 20.5. The van der Waals surface area contributed by atoms with Gasteiger partial charge in [0.2, 0.25) is 0 Å². The van der Waals surface area contributed by atoms with Crippen molar-refractivity contribution in [3.05, 3.63) is 58.5 Å². The maximum atomic E-state index is 14.0. The van der Waals surface area contributed by atoms with E-state index < -0.39 is 11.7 Å². The topological polar surface area (TPSA) is 63.0 Å². The summed E-state index contributed by atoms with van der Waals surface area (Å²) in [5.41, 5.74) is 0.969. The molecule has 188 valence electrons. The average molecular weight is 516 g/mol. The summed E-state index contributed by atoms with van der Waals surface area (Å²) in [7, 11) is 0. The Bertz CT molecular complexity index is 1350. The third-order valence-electron chi connectivity index (χ3n) is 8.52. The molecule has 3 fully saturated rings. The van der Waals surface area contributed by atoms with Crippen molar-refractivity contribution in [1.82, 2.24) is 29.6 Å². The number of benzene rings is 1. The Kier molecular flexibility index (Phi) is 4.63. The maximum absolute atomic E-state index is 14.0. The summed E-state index contributed by atoms with van der Waals surface area (Å²) in [6.07, 6.45) is 1.30.